The molecule has 0 aromatic heterocycles. The van der Waals surface area contributed by atoms with E-state index in [0.29, 0.717) is 22.4 Å². The second-order valence-corrected chi connectivity index (χ2v) is 2.53. The molecule has 1 aromatic carbocycles. The predicted molar refractivity (Wildman–Crippen MR) is 48.4 cm³/mol. The Morgan fingerprint density at radius 3 is 2.46 bits per heavy atom. The van der Waals surface area contributed by atoms with Crippen LogP contribution in [-0.2, 0) is 0 Å². The van der Waals surface area contributed by atoms with E-state index >= 15 is 0 Å². The van der Waals surface area contributed by atoms with Crippen LogP contribution in [0, 0.1) is 29.6 Å². The SMILES string of the molecule is Cc1c(NN)ccc(C#N)c1C#N. The van der Waals surface area contributed by atoms with Gasteiger partial charge in [-0.3, -0.25) is 5.84 Å². The minimum atomic E-state index is 0.373. The molecule has 4 nitrogen and oxygen atoms in total. The molecule has 0 aliphatic carbocycles. The Kier molecular flexibility index (Phi) is 2.49. The van der Waals surface area contributed by atoms with Crippen LogP contribution < -0.4 is 11.3 Å². The van der Waals surface area contributed by atoms with E-state index in [4.69, 9.17) is 16.4 Å². The first-order valence-corrected chi connectivity index (χ1v) is 3.65. The van der Waals surface area contributed by atoms with Crippen molar-refractivity contribution in [2.45, 2.75) is 6.92 Å². The molecule has 0 fully saturated rings. The van der Waals surface area contributed by atoms with Gasteiger partial charge in [0, 0.05) is 0 Å². The maximum absolute atomic E-state index is 8.78. The third-order valence-electron chi connectivity index (χ3n) is 1.85. The van der Waals surface area contributed by atoms with Gasteiger partial charge in [-0.1, -0.05) is 0 Å². The summed E-state index contributed by atoms with van der Waals surface area (Å²) in [5.41, 5.74) is 4.57. The zero-order valence-electron chi connectivity index (χ0n) is 7.13. The van der Waals surface area contributed by atoms with E-state index in [1.807, 2.05) is 12.1 Å². The monoisotopic (exact) mass is 172 g/mol. The molecule has 4 heteroatoms. The van der Waals surface area contributed by atoms with Crippen LogP contribution in [0.2, 0.25) is 0 Å². The minimum Gasteiger partial charge on any atom is -0.324 e. The highest BCUT2D eigenvalue weighted by molar-refractivity contribution is 5.62. The molecule has 64 valence electrons. The number of nitrogens with zero attached hydrogens (tertiary/aromatic N) is 2. The van der Waals surface area contributed by atoms with Gasteiger partial charge in [-0.25, -0.2) is 0 Å². The molecule has 0 atom stereocenters. The van der Waals surface area contributed by atoms with E-state index in [0.717, 1.165) is 0 Å². The van der Waals surface area contributed by atoms with Gasteiger partial charge in [0.1, 0.15) is 12.1 Å². The molecule has 0 aliphatic heterocycles. The molecule has 0 aliphatic rings. The summed E-state index contributed by atoms with van der Waals surface area (Å²) < 4.78 is 0. The normalized spacial score (nSPS) is 8.62. The third-order valence-corrected chi connectivity index (χ3v) is 1.85. The van der Waals surface area contributed by atoms with Crippen molar-refractivity contribution in [3.63, 3.8) is 0 Å². The van der Waals surface area contributed by atoms with Crippen molar-refractivity contribution in [3.05, 3.63) is 28.8 Å². The van der Waals surface area contributed by atoms with Crippen molar-refractivity contribution in [1.82, 2.24) is 0 Å². The van der Waals surface area contributed by atoms with Gasteiger partial charge in [0.25, 0.3) is 0 Å². The summed E-state index contributed by atoms with van der Waals surface area (Å²) in [6.45, 7) is 1.74. The number of nitrogens with one attached hydrogen (secondary N) is 1. The fourth-order valence-electron chi connectivity index (χ4n) is 1.11. The van der Waals surface area contributed by atoms with Crippen molar-refractivity contribution >= 4 is 5.69 Å². The molecule has 0 amide bonds. The zero-order valence-corrected chi connectivity index (χ0v) is 7.13. The lowest BCUT2D eigenvalue weighted by Gasteiger charge is -2.06. The number of nitrogen functional groups attached to an aromatic ring is 1. The molecule has 0 spiro atoms. The molecule has 0 bridgehead atoms. The van der Waals surface area contributed by atoms with E-state index in [9.17, 15) is 0 Å². The average Bonchev–Trinajstić information content (AvgIpc) is 2.17. The fraction of sp³-hybridized carbons (Fsp3) is 0.111. The number of nitrogens with two attached hydrogens (primary N) is 1. The van der Waals surface area contributed by atoms with Crippen LogP contribution in [0.4, 0.5) is 5.69 Å². The highest BCUT2D eigenvalue weighted by Crippen LogP contribution is 2.20. The molecular formula is C9H8N4. The Morgan fingerprint density at radius 2 is 2.00 bits per heavy atom. The molecular weight excluding hydrogens is 164 g/mol. The predicted octanol–water partition coefficient (Wildman–Crippen LogP) is 1.02. The van der Waals surface area contributed by atoms with Crippen molar-refractivity contribution in [1.29, 1.82) is 10.5 Å². The molecule has 0 saturated heterocycles. The number of rotatable bonds is 1. The van der Waals surface area contributed by atoms with Crippen LogP contribution in [0.1, 0.15) is 16.7 Å². The van der Waals surface area contributed by atoms with Crippen molar-refractivity contribution in [3.8, 4) is 12.1 Å². The van der Waals surface area contributed by atoms with E-state index in [2.05, 4.69) is 5.43 Å². The Bertz CT molecular complexity index is 409. The molecule has 0 saturated carbocycles. The van der Waals surface area contributed by atoms with Crippen LogP contribution in [0.25, 0.3) is 0 Å². The number of benzene rings is 1. The zero-order chi connectivity index (χ0) is 9.84. The Hall–Kier alpha value is -2.04. The third kappa shape index (κ3) is 1.44. The van der Waals surface area contributed by atoms with E-state index in [-0.39, 0.29) is 0 Å². The van der Waals surface area contributed by atoms with Gasteiger partial charge in [-0.15, -0.1) is 0 Å². The quantitative estimate of drug-likeness (QED) is 0.489. The van der Waals surface area contributed by atoms with E-state index < -0.39 is 0 Å². The summed E-state index contributed by atoms with van der Waals surface area (Å²) in [5.74, 6) is 5.22. The Labute approximate surface area is 76.2 Å². The van der Waals surface area contributed by atoms with Gasteiger partial charge in [0.05, 0.1) is 16.8 Å². The highest BCUT2D eigenvalue weighted by Gasteiger charge is 2.07. The lowest BCUT2D eigenvalue weighted by Crippen LogP contribution is -2.09. The van der Waals surface area contributed by atoms with Crippen LogP contribution in [0.5, 0.6) is 0 Å². The second kappa shape index (κ2) is 3.57. The summed E-state index contributed by atoms with van der Waals surface area (Å²) in [7, 11) is 0. The molecule has 0 unspecified atom stereocenters. The minimum absolute atomic E-state index is 0.373. The fourth-order valence-corrected chi connectivity index (χ4v) is 1.11. The summed E-state index contributed by atoms with van der Waals surface area (Å²) in [4.78, 5) is 0. The first-order chi connectivity index (χ1) is 6.24. The molecule has 3 N–H and O–H groups in total. The van der Waals surface area contributed by atoms with Crippen molar-refractivity contribution in [2.24, 2.45) is 5.84 Å². The molecule has 0 radical (unpaired) electrons. The summed E-state index contributed by atoms with van der Waals surface area (Å²) >= 11 is 0. The first-order valence-electron chi connectivity index (χ1n) is 3.65. The number of hydrogen-bond acceptors (Lipinski definition) is 4. The number of nitriles is 2. The van der Waals surface area contributed by atoms with Gasteiger partial charge in [-0.2, -0.15) is 10.5 Å². The van der Waals surface area contributed by atoms with Gasteiger partial charge >= 0.3 is 0 Å². The number of hydrogen-bond donors (Lipinski definition) is 2. The largest absolute Gasteiger partial charge is 0.324 e. The van der Waals surface area contributed by atoms with Crippen molar-refractivity contribution < 1.29 is 0 Å². The summed E-state index contributed by atoms with van der Waals surface area (Å²) in [6, 6.07) is 7.16. The highest BCUT2D eigenvalue weighted by atomic mass is 15.2. The maximum Gasteiger partial charge on any atom is 0.101 e. The van der Waals surface area contributed by atoms with Crippen LogP contribution in [-0.4, -0.2) is 0 Å². The van der Waals surface area contributed by atoms with E-state index in [1.54, 1.807) is 19.1 Å². The molecule has 1 aromatic rings. The molecule has 13 heavy (non-hydrogen) atoms. The summed E-state index contributed by atoms with van der Waals surface area (Å²) in [6.07, 6.45) is 0. The van der Waals surface area contributed by atoms with Gasteiger partial charge in [0.2, 0.25) is 0 Å². The van der Waals surface area contributed by atoms with Gasteiger partial charge < -0.3 is 5.43 Å². The lowest BCUT2D eigenvalue weighted by molar-refractivity contribution is 1.28. The Balaban J connectivity index is 3.45. The first kappa shape index (κ1) is 9.05. The second-order valence-electron chi connectivity index (χ2n) is 2.53. The lowest BCUT2D eigenvalue weighted by atomic mass is 10.0. The van der Waals surface area contributed by atoms with Crippen LogP contribution in [0.3, 0.4) is 0 Å². The van der Waals surface area contributed by atoms with Crippen LogP contribution >= 0.6 is 0 Å². The molecule has 1 rings (SSSR count). The maximum atomic E-state index is 8.78. The summed E-state index contributed by atoms with van der Waals surface area (Å²) in [5, 5.41) is 17.5. The standard InChI is InChI=1S/C9H8N4/c1-6-8(5-11)7(4-10)2-3-9(6)13-12/h2-3,13H,12H2,1H3. The smallest absolute Gasteiger partial charge is 0.101 e. The number of anilines is 1. The topological polar surface area (TPSA) is 85.6 Å². The molecule has 0 heterocycles. The van der Waals surface area contributed by atoms with Gasteiger partial charge in [-0.05, 0) is 24.6 Å². The Morgan fingerprint density at radius 1 is 1.31 bits per heavy atom. The average molecular weight is 172 g/mol. The van der Waals surface area contributed by atoms with Gasteiger partial charge in [0.15, 0.2) is 0 Å². The number of hydrazine groups is 1. The van der Waals surface area contributed by atoms with Crippen molar-refractivity contribution in [2.75, 3.05) is 5.43 Å². The van der Waals surface area contributed by atoms with Crippen LogP contribution in [0.15, 0.2) is 12.1 Å². The van der Waals surface area contributed by atoms with E-state index in [1.165, 1.54) is 0 Å².